The predicted molar refractivity (Wildman–Crippen MR) is 100 cm³/mol. The van der Waals surface area contributed by atoms with E-state index < -0.39 is 11.7 Å². The maximum absolute atomic E-state index is 12.9. The molecule has 1 amide bonds. The highest BCUT2D eigenvalue weighted by Crippen LogP contribution is 2.25. The minimum absolute atomic E-state index is 0.119. The lowest BCUT2D eigenvalue weighted by atomic mass is 10.2. The Kier molecular flexibility index (Phi) is 5.30. The maximum atomic E-state index is 12.9. The van der Waals surface area contributed by atoms with Gasteiger partial charge in [0.15, 0.2) is 0 Å². The van der Waals surface area contributed by atoms with Crippen LogP contribution in [0.1, 0.15) is 5.76 Å². The Morgan fingerprint density at radius 1 is 1.08 bits per heavy atom. The van der Waals surface area contributed by atoms with Gasteiger partial charge in [-0.1, -0.05) is 28.1 Å². The van der Waals surface area contributed by atoms with Gasteiger partial charge in [0.05, 0.1) is 0 Å². The van der Waals surface area contributed by atoms with Crippen LogP contribution >= 0.6 is 15.9 Å². The minimum atomic E-state index is -0.597. The molecule has 26 heavy (non-hydrogen) atoms. The zero-order valence-electron chi connectivity index (χ0n) is 13.4. The van der Waals surface area contributed by atoms with E-state index >= 15 is 0 Å². The van der Waals surface area contributed by atoms with Gasteiger partial charge in [0.1, 0.15) is 29.0 Å². The highest BCUT2D eigenvalue weighted by Gasteiger charge is 2.11. The molecule has 1 heterocycles. The molecule has 0 aliphatic rings. The molecule has 3 aromatic rings. The lowest BCUT2D eigenvalue weighted by Gasteiger charge is -2.03. The number of carbonyl (C=O) groups excluding carboxylic acids is 1. The Morgan fingerprint density at radius 3 is 2.42 bits per heavy atom. The lowest BCUT2D eigenvalue weighted by Crippen LogP contribution is -2.13. The second kappa shape index (κ2) is 7.81. The fraction of sp³-hybridized carbons (Fsp3) is 0. The molecule has 0 bridgehead atoms. The first-order chi connectivity index (χ1) is 12.5. The monoisotopic (exact) mass is 410 g/mol. The topological polar surface area (TPSA) is 66.0 Å². The van der Waals surface area contributed by atoms with Gasteiger partial charge in [-0.05, 0) is 48.5 Å². The molecule has 128 valence electrons. The second-order valence-electron chi connectivity index (χ2n) is 5.34. The van der Waals surface area contributed by atoms with Crippen LogP contribution in [0.2, 0.25) is 0 Å². The largest absolute Gasteiger partial charge is 0.457 e. The summed E-state index contributed by atoms with van der Waals surface area (Å²) in [6.45, 7) is 0. The fourth-order valence-corrected chi connectivity index (χ4v) is 2.49. The van der Waals surface area contributed by atoms with E-state index in [4.69, 9.17) is 4.42 Å². The quantitative estimate of drug-likeness (QED) is 0.462. The Balaban J connectivity index is 1.78. The van der Waals surface area contributed by atoms with Gasteiger partial charge in [0.25, 0.3) is 5.91 Å². The number of amides is 1. The number of halogens is 2. The molecule has 3 rings (SSSR count). The van der Waals surface area contributed by atoms with Gasteiger partial charge in [-0.25, -0.2) is 4.39 Å². The number of rotatable bonds is 4. The second-order valence-corrected chi connectivity index (χ2v) is 6.26. The van der Waals surface area contributed by atoms with E-state index in [0.29, 0.717) is 17.2 Å². The molecule has 1 aromatic heterocycles. The standard InChI is InChI=1S/C20H12BrFN2O2/c21-15-3-1-13(2-4-15)19-10-9-18(26-19)11-14(12-23)20(25)24-17-7-5-16(22)6-8-17/h1-11H,(H,24,25)/b14-11+. The van der Waals surface area contributed by atoms with Crippen molar-refractivity contribution in [3.05, 3.63) is 82.3 Å². The van der Waals surface area contributed by atoms with Crippen LogP contribution in [0.4, 0.5) is 10.1 Å². The summed E-state index contributed by atoms with van der Waals surface area (Å²) in [4.78, 5) is 12.2. The van der Waals surface area contributed by atoms with Crippen molar-refractivity contribution in [2.24, 2.45) is 0 Å². The normalized spacial score (nSPS) is 11.0. The smallest absolute Gasteiger partial charge is 0.266 e. The molecule has 0 aliphatic carbocycles. The van der Waals surface area contributed by atoms with E-state index in [0.717, 1.165) is 10.0 Å². The molecular formula is C20H12BrFN2O2. The van der Waals surface area contributed by atoms with Gasteiger partial charge in [0, 0.05) is 21.8 Å². The van der Waals surface area contributed by atoms with Gasteiger partial charge >= 0.3 is 0 Å². The molecule has 2 aromatic carbocycles. The number of nitriles is 1. The van der Waals surface area contributed by atoms with E-state index in [1.165, 1.54) is 30.3 Å². The molecule has 0 saturated heterocycles. The third-order valence-electron chi connectivity index (χ3n) is 3.51. The first-order valence-corrected chi connectivity index (χ1v) is 8.39. The molecule has 0 saturated carbocycles. The summed E-state index contributed by atoms with van der Waals surface area (Å²) in [6.07, 6.45) is 1.36. The number of hydrogen-bond acceptors (Lipinski definition) is 3. The zero-order chi connectivity index (χ0) is 18.5. The van der Waals surface area contributed by atoms with Crippen molar-refractivity contribution in [2.45, 2.75) is 0 Å². The summed E-state index contributed by atoms with van der Waals surface area (Å²) in [5, 5.41) is 11.8. The van der Waals surface area contributed by atoms with Crippen LogP contribution in [0.25, 0.3) is 17.4 Å². The van der Waals surface area contributed by atoms with E-state index in [9.17, 15) is 14.4 Å². The lowest BCUT2D eigenvalue weighted by molar-refractivity contribution is -0.112. The SMILES string of the molecule is N#C/C(=C\c1ccc(-c2ccc(Br)cc2)o1)C(=O)Nc1ccc(F)cc1. The first-order valence-electron chi connectivity index (χ1n) is 7.59. The molecule has 0 atom stereocenters. The summed E-state index contributed by atoms with van der Waals surface area (Å²) in [6, 6.07) is 18.1. The molecular weight excluding hydrogens is 399 g/mol. The molecule has 0 unspecified atom stereocenters. The van der Waals surface area contributed by atoms with E-state index in [2.05, 4.69) is 21.2 Å². The molecule has 6 heteroatoms. The van der Waals surface area contributed by atoms with Crippen LogP contribution in [0, 0.1) is 17.1 Å². The van der Waals surface area contributed by atoms with Gasteiger partial charge < -0.3 is 9.73 Å². The van der Waals surface area contributed by atoms with Crippen molar-refractivity contribution in [1.29, 1.82) is 5.26 Å². The summed E-state index contributed by atoms with van der Waals surface area (Å²) >= 11 is 3.37. The van der Waals surface area contributed by atoms with Crippen LogP contribution in [-0.2, 0) is 4.79 Å². The van der Waals surface area contributed by atoms with Gasteiger partial charge in [0.2, 0.25) is 0 Å². The molecule has 1 N–H and O–H groups in total. The molecule has 0 spiro atoms. The number of carbonyl (C=O) groups is 1. The van der Waals surface area contributed by atoms with Crippen LogP contribution in [0.3, 0.4) is 0 Å². The third-order valence-corrected chi connectivity index (χ3v) is 4.04. The van der Waals surface area contributed by atoms with E-state index in [-0.39, 0.29) is 5.57 Å². The Morgan fingerprint density at radius 2 is 1.77 bits per heavy atom. The highest BCUT2D eigenvalue weighted by atomic mass is 79.9. The molecule has 0 radical (unpaired) electrons. The van der Waals surface area contributed by atoms with Crippen LogP contribution in [0.15, 0.2) is 75.1 Å². The highest BCUT2D eigenvalue weighted by molar-refractivity contribution is 9.10. The molecule has 0 fully saturated rings. The number of anilines is 1. The van der Waals surface area contributed by atoms with Gasteiger partial charge in [-0.2, -0.15) is 5.26 Å². The number of benzene rings is 2. The van der Waals surface area contributed by atoms with Crippen LogP contribution in [-0.4, -0.2) is 5.91 Å². The van der Waals surface area contributed by atoms with Gasteiger partial charge in [-0.15, -0.1) is 0 Å². The Labute approximate surface area is 157 Å². The van der Waals surface area contributed by atoms with Crippen molar-refractivity contribution in [3.8, 4) is 17.4 Å². The Bertz CT molecular complexity index is 1000. The fourth-order valence-electron chi connectivity index (χ4n) is 2.22. The number of furan rings is 1. The first kappa shape index (κ1) is 17.6. The van der Waals surface area contributed by atoms with E-state index in [1.807, 2.05) is 30.3 Å². The number of hydrogen-bond donors (Lipinski definition) is 1. The van der Waals surface area contributed by atoms with Crippen molar-refractivity contribution in [3.63, 3.8) is 0 Å². The third kappa shape index (κ3) is 4.26. The van der Waals surface area contributed by atoms with Gasteiger partial charge in [-0.3, -0.25) is 4.79 Å². The average Bonchev–Trinajstić information content (AvgIpc) is 3.11. The van der Waals surface area contributed by atoms with Crippen LogP contribution in [0.5, 0.6) is 0 Å². The van der Waals surface area contributed by atoms with Crippen LogP contribution < -0.4 is 5.32 Å². The molecule has 4 nitrogen and oxygen atoms in total. The predicted octanol–water partition coefficient (Wildman–Crippen LogP) is 5.39. The Hall–Kier alpha value is -3.17. The minimum Gasteiger partial charge on any atom is -0.457 e. The summed E-state index contributed by atoms with van der Waals surface area (Å²) < 4.78 is 19.6. The van der Waals surface area contributed by atoms with E-state index in [1.54, 1.807) is 12.1 Å². The number of nitrogens with one attached hydrogen (secondary N) is 1. The zero-order valence-corrected chi connectivity index (χ0v) is 15.0. The number of nitrogens with zero attached hydrogens (tertiary/aromatic N) is 1. The van der Waals surface area contributed by atoms with Crippen molar-refractivity contribution in [1.82, 2.24) is 0 Å². The summed E-state index contributed by atoms with van der Waals surface area (Å²) in [5.74, 6) is 0.00418. The summed E-state index contributed by atoms with van der Waals surface area (Å²) in [5.41, 5.74) is 1.15. The maximum Gasteiger partial charge on any atom is 0.266 e. The van der Waals surface area contributed by atoms with Crippen molar-refractivity contribution in [2.75, 3.05) is 5.32 Å². The van der Waals surface area contributed by atoms with Crippen molar-refractivity contribution >= 4 is 33.6 Å². The van der Waals surface area contributed by atoms with Crippen molar-refractivity contribution < 1.29 is 13.6 Å². The summed E-state index contributed by atoms with van der Waals surface area (Å²) in [7, 11) is 0. The average molecular weight is 411 g/mol. The molecule has 0 aliphatic heterocycles.